The Morgan fingerprint density at radius 2 is 1.79 bits per heavy atom. The van der Waals surface area contributed by atoms with Gasteiger partial charge in [-0.05, 0) is 62.3 Å². The third kappa shape index (κ3) is 5.85. The van der Waals surface area contributed by atoms with Crippen molar-refractivity contribution in [1.82, 2.24) is 5.32 Å². The Morgan fingerprint density at radius 3 is 2.37 bits per heavy atom. The molecule has 0 spiro atoms. The summed E-state index contributed by atoms with van der Waals surface area (Å²) < 4.78 is 0. The van der Waals surface area contributed by atoms with E-state index in [1.165, 1.54) is 51.5 Å². The van der Waals surface area contributed by atoms with Gasteiger partial charge in [0.1, 0.15) is 0 Å². The fourth-order valence-electron chi connectivity index (χ4n) is 3.89. The molecule has 19 heavy (non-hydrogen) atoms. The predicted octanol–water partition coefficient (Wildman–Crippen LogP) is 5.25. The molecule has 1 aliphatic carbocycles. The molecule has 0 heterocycles. The van der Waals surface area contributed by atoms with E-state index in [-0.39, 0.29) is 0 Å². The van der Waals surface area contributed by atoms with E-state index in [4.69, 9.17) is 0 Å². The highest BCUT2D eigenvalue weighted by molar-refractivity contribution is 4.86. The normalized spacial score (nSPS) is 29.7. The first-order valence-corrected chi connectivity index (χ1v) is 8.81. The van der Waals surface area contributed by atoms with Crippen LogP contribution in [0.25, 0.3) is 0 Å². The molecule has 0 saturated heterocycles. The van der Waals surface area contributed by atoms with Crippen molar-refractivity contribution in [3.8, 4) is 0 Å². The van der Waals surface area contributed by atoms with E-state index in [0.717, 1.165) is 29.7 Å². The molecule has 0 aromatic rings. The zero-order chi connectivity index (χ0) is 14.3. The Balaban J connectivity index is 2.54. The van der Waals surface area contributed by atoms with Gasteiger partial charge in [0.25, 0.3) is 0 Å². The highest BCUT2D eigenvalue weighted by Crippen LogP contribution is 2.37. The molecule has 0 aromatic heterocycles. The molecule has 0 aliphatic heterocycles. The summed E-state index contributed by atoms with van der Waals surface area (Å²) in [4.78, 5) is 0. The molecule has 4 unspecified atom stereocenters. The molecule has 4 atom stereocenters. The molecule has 1 N–H and O–H groups in total. The van der Waals surface area contributed by atoms with Crippen LogP contribution in [0.1, 0.15) is 79.6 Å². The van der Waals surface area contributed by atoms with Gasteiger partial charge in [-0.25, -0.2) is 0 Å². The van der Waals surface area contributed by atoms with Crippen LogP contribution in [0.2, 0.25) is 0 Å². The summed E-state index contributed by atoms with van der Waals surface area (Å²) >= 11 is 0. The molecule has 1 heteroatoms. The maximum Gasteiger partial charge on any atom is 0.00956 e. The second-order valence-corrected chi connectivity index (χ2v) is 7.27. The van der Waals surface area contributed by atoms with Crippen molar-refractivity contribution in [3.05, 3.63) is 0 Å². The molecule has 0 bridgehead atoms. The van der Waals surface area contributed by atoms with Crippen LogP contribution in [0.15, 0.2) is 0 Å². The summed E-state index contributed by atoms with van der Waals surface area (Å²) in [5.41, 5.74) is 0. The van der Waals surface area contributed by atoms with Gasteiger partial charge in [0.15, 0.2) is 0 Å². The molecule has 0 amide bonds. The third-order valence-electron chi connectivity index (χ3n) is 5.11. The van der Waals surface area contributed by atoms with E-state index in [1.807, 2.05) is 0 Å². The van der Waals surface area contributed by atoms with E-state index in [2.05, 4.69) is 39.9 Å². The Hall–Kier alpha value is -0.0400. The van der Waals surface area contributed by atoms with Gasteiger partial charge in [0, 0.05) is 6.04 Å². The quantitative estimate of drug-likeness (QED) is 0.633. The first-order chi connectivity index (χ1) is 9.08. The van der Waals surface area contributed by atoms with E-state index in [1.54, 1.807) is 0 Å². The average molecular weight is 268 g/mol. The highest BCUT2D eigenvalue weighted by atomic mass is 14.9. The Bertz CT molecular complexity index is 224. The van der Waals surface area contributed by atoms with E-state index in [0.29, 0.717) is 0 Å². The SMILES string of the molecule is CCCNC1CCC(C(C)C)CC1CC(C)CCC. The molecule has 1 nitrogen and oxygen atoms in total. The second kappa shape index (κ2) is 9.00. The minimum Gasteiger partial charge on any atom is -0.314 e. The minimum absolute atomic E-state index is 0.800. The fourth-order valence-corrected chi connectivity index (χ4v) is 3.89. The lowest BCUT2D eigenvalue weighted by Gasteiger charge is -2.39. The van der Waals surface area contributed by atoms with Crippen LogP contribution in [0.4, 0.5) is 0 Å². The summed E-state index contributed by atoms with van der Waals surface area (Å²) in [6.07, 6.45) is 9.77. The van der Waals surface area contributed by atoms with Crippen LogP contribution < -0.4 is 5.32 Å². The van der Waals surface area contributed by atoms with Crippen LogP contribution in [-0.4, -0.2) is 12.6 Å². The van der Waals surface area contributed by atoms with Crippen LogP contribution >= 0.6 is 0 Å². The molecule has 1 fully saturated rings. The lowest BCUT2D eigenvalue weighted by atomic mass is 9.70. The molecule has 0 aromatic carbocycles. The van der Waals surface area contributed by atoms with Gasteiger partial charge in [-0.1, -0.05) is 47.5 Å². The molecule has 0 radical (unpaired) electrons. The standard InChI is InChI=1S/C18H37N/c1-6-8-15(5)12-17-13-16(14(3)4)9-10-18(17)19-11-7-2/h14-19H,6-13H2,1-5H3. The zero-order valence-electron chi connectivity index (χ0n) is 14.0. The van der Waals surface area contributed by atoms with Crippen LogP contribution in [0.5, 0.6) is 0 Å². The minimum atomic E-state index is 0.800. The van der Waals surface area contributed by atoms with Crippen molar-refractivity contribution in [2.45, 2.75) is 85.6 Å². The summed E-state index contributed by atoms with van der Waals surface area (Å²) in [6.45, 7) is 13.1. The third-order valence-corrected chi connectivity index (χ3v) is 5.11. The average Bonchev–Trinajstić information content (AvgIpc) is 2.37. The van der Waals surface area contributed by atoms with Crippen molar-refractivity contribution < 1.29 is 0 Å². The van der Waals surface area contributed by atoms with Crippen molar-refractivity contribution in [1.29, 1.82) is 0 Å². The smallest absolute Gasteiger partial charge is 0.00956 e. The summed E-state index contributed by atoms with van der Waals surface area (Å²) in [7, 11) is 0. The van der Waals surface area contributed by atoms with Crippen molar-refractivity contribution in [2.24, 2.45) is 23.7 Å². The summed E-state index contributed by atoms with van der Waals surface area (Å²) in [5, 5.41) is 3.83. The van der Waals surface area contributed by atoms with Gasteiger partial charge >= 0.3 is 0 Å². The van der Waals surface area contributed by atoms with Gasteiger partial charge < -0.3 is 5.32 Å². The van der Waals surface area contributed by atoms with Crippen molar-refractivity contribution in [3.63, 3.8) is 0 Å². The van der Waals surface area contributed by atoms with Crippen molar-refractivity contribution in [2.75, 3.05) is 6.54 Å². The number of hydrogen-bond donors (Lipinski definition) is 1. The van der Waals surface area contributed by atoms with Gasteiger partial charge in [-0.15, -0.1) is 0 Å². The molecule has 1 saturated carbocycles. The van der Waals surface area contributed by atoms with E-state index >= 15 is 0 Å². The Kier molecular flexibility index (Phi) is 8.06. The largest absolute Gasteiger partial charge is 0.314 e. The fraction of sp³-hybridized carbons (Fsp3) is 1.00. The first-order valence-electron chi connectivity index (χ1n) is 8.81. The molecule has 1 aliphatic rings. The lowest BCUT2D eigenvalue weighted by molar-refractivity contribution is 0.146. The first kappa shape index (κ1) is 17.0. The van der Waals surface area contributed by atoms with Crippen LogP contribution in [0.3, 0.4) is 0 Å². The van der Waals surface area contributed by atoms with Gasteiger partial charge in [0.2, 0.25) is 0 Å². The second-order valence-electron chi connectivity index (χ2n) is 7.27. The molecular weight excluding hydrogens is 230 g/mol. The maximum atomic E-state index is 3.83. The highest BCUT2D eigenvalue weighted by Gasteiger charge is 2.31. The van der Waals surface area contributed by atoms with Gasteiger partial charge in [-0.3, -0.25) is 0 Å². The van der Waals surface area contributed by atoms with Crippen LogP contribution in [-0.2, 0) is 0 Å². The number of rotatable bonds is 8. The molecular formula is C18H37N. The van der Waals surface area contributed by atoms with Gasteiger partial charge in [-0.2, -0.15) is 0 Å². The zero-order valence-corrected chi connectivity index (χ0v) is 14.0. The maximum absolute atomic E-state index is 3.83. The molecule has 1 rings (SSSR count). The summed E-state index contributed by atoms with van der Waals surface area (Å²) in [6, 6.07) is 0.800. The van der Waals surface area contributed by atoms with Crippen LogP contribution in [0, 0.1) is 23.7 Å². The van der Waals surface area contributed by atoms with E-state index in [9.17, 15) is 0 Å². The number of hydrogen-bond acceptors (Lipinski definition) is 1. The number of nitrogens with one attached hydrogen (secondary N) is 1. The monoisotopic (exact) mass is 267 g/mol. The van der Waals surface area contributed by atoms with E-state index < -0.39 is 0 Å². The predicted molar refractivity (Wildman–Crippen MR) is 86.4 cm³/mol. The van der Waals surface area contributed by atoms with Crippen molar-refractivity contribution >= 4 is 0 Å². The lowest BCUT2D eigenvalue weighted by Crippen LogP contribution is -2.42. The molecule has 114 valence electrons. The van der Waals surface area contributed by atoms with Gasteiger partial charge in [0.05, 0.1) is 0 Å². The summed E-state index contributed by atoms with van der Waals surface area (Å²) in [5.74, 6) is 3.68. The Labute approximate surface area is 121 Å². The Morgan fingerprint density at radius 1 is 1.05 bits per heavy atom. The topological polar surface area (TPSA) is 12.0 Å².